The number of nitrogens with one attached hydrogen (secondary N) is 2. The predicted molar refractivity (Wildman–Crippen MR) is 192 cm³/mol. The predicted octanol–water partition coefficient (Wildman–Crippen LogP) is 5.49. The van der Waals surface area contributed by atoms with Gasteiger partial charge in [-0.15, -0.1) is 0 Å². The average Bonchev–Trinajstić information content (AvgIpc) is 3.71. The summed E-state index contributed by atoms with van der Waals surface area (Å²) in [5.74, 6) is -1.96. The molecule has 1 saturated heterocycles. The molecule has 0 aromatic heterocycles. The van der Waals surface area contributed by atoms with Gasteiger partial charge in [0.25, 0.3) is 17.7 Å². The van der Waals surface area contributed by atoms with Gasteiger partial charge >= 0.3 is 0 Å². The fourth-order valence-corrected chi connectivity index (χ4v) is 6.63. The van der Waals surface area contributed by atoms with Crippen LogP contribution in [-0.4, -0.2) is 57.9 Å². The van der Waals surface area contributed by atoms with Crippen LogP contribution in [0.4, 0.5) is 17.1 Å². The second kappa shape index (κ2) is 14.9. The van der Waals surface area contributed by atoms with Crippen LogP contribution in [0.3, 0.4) is 0 Å². The Morgan fingerprint density at radius 3 is 2.10 bits per heavy atom. The highest BCUT2D eigenvalue weighted by atomic mass is 16.3. The summed E-state index contributed by atoms with van der Waals surface area (Å²) in [6, 6.07) is 29.6. The summed E-state index contributed by atoms with van der Waals surface area (Å²) >= 11 is 0. The van der Waals surface area contributed by atoms with Crippen LogP contribution in [0.25, 0.3) is 0 Å². The summed E-state index contributed by atoms with van der Waals surface area (Å²) < 4.78 is 0. The first-order valence-electron chi connectivity index (χ1n) is 16.8. The Morgan fingerprint density at radius 2 is 1.48 bits per heavy atom. The molecule has 2 heterocycles. The van der Waals surface area contributed by atoms with Crippen LogP contribution in [0.5, 0.6) is 0 Å². The molecule has 0 aliphatic carbocycles. The van der Waals surface area contributed by atoms with E-state index in [1.165, 1.54) is 4.90 Å². The highest BCUT2D eigenvalue weighted by Crippen LogP contribution is 2.47. The highest BCUT2D eigenvalue weighted by Gasteiger charge is 2.52. The summed E-state index contributed by atoms with van der Waals surface area (Å²) in [7, 11) is 0. The topological polar surface area (TPSA) is 139 Å². The number of carbonyl (C=O) groups is 4. The van der Waals surface area contributed by atoms with Crippen LogP contribution in [0.2, 0.25) is 0 Å². The monoisotopic (exact) mass is 672 g/mol. The zero-order chi connectivity index (χ0) is 35.3. The number of aliphatic hydroxyl groups excluding tert-OH is 1. The second-order valence-corrected chi connectivity index (χ2v) is 12.7. The maximum Gasteiger partial charge on any atom is 0.264 e. The van der Waals surface area contributed by atoms with Crippen molar-refractivity contribution >= 4 is 40.7 Å². The number of fused-ring (bicyclic) bond motifs is 1. The van der Waals surface area contributed by atoms with Gasteiger partial charge in [-0.2, -0.15) is 0 Å². The quantitative estimate of drug-likeness (QED) is 0.156. The van der Waals surface area contributed by atoms with Gasteiger partial charge in [0.05, 0.1) is 24.9 Å². The lowest BCUT2D eigenvalue weighted by Crippen LogP contribution is -2.44. The van der Waals surface area contributed by atoms with Crippen LogP contribution in [0.1, 0.15) is 58.0 Å². The Labute approximate surface area is 291 Å². The number of hydrogen-bond acceptors (Lipinski definition) is 6. The number of nitrogens with zero attached hydrogens (tertiary/aromatic N) is 2. The summed E-state index contributed by atoms with van der Waals surface area (Å²) in [5, 5.41) is 27.7. The smallest absolute Gasteiger partial charge is 0.264 e. The molecule has 50 heavy (non-hydrogen) atoms. The van der Waals surface area contributed by atoms with Crippen LogP contribution in [0, 0.1) is 5.92 Å². The Kier molecular flexibility index (Phi) is 10.2. The third kappa shape index (κ3) is 7.08. The number of benzene rings is 4. The van der Waals surface area contributed by atoms with E-state index < -0.39 is 17.4 Å². The Hall–Kier alpha value is -5.58. The van der Waals surface area contributed by atoms with E-state index in [-0.39, 0.29) is 43.3 Å². The molecule has 4 aromatic rings. The SMILES string of the molecule is C[C@H](/C=C/CC(=O)N1CCC[C@H]1CO)[C@@]1(O)C(=O)N(Cc2ccc(NC(=O)c3ccccc3)cc2)c2ccc(NC(=O)c3ccccc3)cc21. The van der Waals surface area contributed by atoms with Gasteiger partial charge in [-0.25, -0.2) is 0 Å². The van der Waals surface area contributed by atoms with Gasteiger partial charge in [-0.05, 0) is 73.0 Å². The third-order valence-electron chi connectivity index (χ3n) is 9.44. The van der Waals surface area contributed by atoms with Crippen molar-refractivity contribution in [1.29, 1.82) is 0 Å². The van der Waals surface area contributed by atoms with Crippen molar-refractivity contribution < 1.29 is 29.4 Å². The maximum absolute atomic E-state index is 14.2. The Bertz CT molecular complexity index is 1900. The molecule has 0 radical (unpaired) electrons. The second-order valence-electron chi connectivity index (χ2n) is 12.7. The van der Waals surface area contributed by atoms with Gasteiger partial charge in [0.15, 0.2) is 5.60 Å². The number of aliphatic hydroxyl groups is 2. The Morgan fingerprint density at radius 1 is 0.880 bits per heavy atom. The lowest BCUT2D eigenvalue weighted by molar-refractivity contribution is -0.139. The first-order valence-corrected chi connectivity index (χ1v) is 16.8. The number of hydrogen-bond donors (Lipinski definition) is 4. The van der Waals surface area contributed by atoms with Crippen LogP contribution in [-0.2, 0) is 21.7 Å². The van der Waals surface area contributed by atoms with E-state index in [4.69, 9.17) is 0 Å². The van der Waals surface area contributed by atoms with Gasteiger partial charge in [0, 0.05) is 46.9 Å². The lowest BCUT2D eigenvalue weighted by Gasteiger charge is -2.28. The van der Waals surface area contributed by atoms with E-state index >= 15 is 0 Å². The molecule has 1 fully saturated rings. The summed E-state index contributed by atoms with van der Waals surface area (Å²) in [5.41, 5.74) is 1.62. The average molecular weight is 673 g/mol. The molecule has 10 nitrogen and oxygen atoms in total. The first kappa shape index (κ1) is 34.3. The van der Waals surface area contributed by atoms with E-state index in [1.807, 2.05) is 24.3 Å². The van der Waals surface area contributed by atoms with Crippen molar-refractivity contribution in [3.05, 3.63) is 138 Å². The first-order chi connectivity index (χ1) is 24.2. The largest absolute Gasteiger partial charge is 0.394 e. The summed E-state index contributed by atoms with van der Waals surface area (Å²) in [6.07, 6.45) is 5.01. The standard InChI is InChI=1S/C40H40N4O6/c1-27(10-8-16-36(46)43-23-9-15-33(43)26-45)40(50)34-24-32(42-38(48)30-13-6-3-7-14-30)21-22-35(34)44(39(40)49)25-28-17-19-31(20-18-28)41-37(47)29-11-4-2-5-12-29/h2-8,10-14,17-22,24,27,33,45,50H,9,15-16,23,25-26H2,1H3,(H,41,47)(H,42,48)/b10-8+/t27-,33+,40+/m1/s1. The fraction of sp³-hybridized carbons (Fsp3) is 0.250. The van der Waals surface area contributed by atoms with Crippen molar-refractivity contribution in [2.24, 2.45) is 5.92 Å². The molecule has 2 aliphatic heterocycles. The number of amides is 4. The molecule has 10 heteroatoms. The molecular weight excluding hydrogens is 632 g/mol. The molecule has 256 valence electrons. The van der Waals surface area contributed by atoms with Crippen molar-refractivity contribution in [3.8, 4) is 0 Å². The van der Waals surface area contributed by atoms with Gasteiger partial charge < -0.3 is 30.6 Å². The molecular formula is C40H40N4O6. The minimum absolute atomic E-state index is 0.0714. The maximum atomic E-state index is 14.2. The normalized spacial score (nSPS) is 19.0. The van der Waals surface area contributed by atoms with E-state index in [0.29, 0.717) is 40.3 Å². The molecule has 0 spiro atoms. The van der Waals surface area contributed by atoms with E-state index in [1.54, 1.807) is 103 Å². The third-order valence-corrected chi connectivity index (χ3v) is 9.44. The zero-order valence-corrected chi connectivity index (χ0v) is 27.8. The molecule has 4 amide bonds. The Balaban J connectivity index is 1.24. The molecule has 3 atom stereocenters. The molecule has 2 aliphatic rings. The molecule has 0 bridgehead atoms. The van der Waals surface area contributed by atoms with Gasteiger partial charge in [0.2, 0.25) is 5.91 Å². The number of anilines is 3. The molecule has 4 aromatic carbocycles. The zero-order valence-electron chi connectivity index (χ0n) is 27.8. The van der Waals surface area contributed by atoms with Gasteiger partial charge in [0.1, 0.15) is 0 Å². The van der Waals surface area contributed by atoms with E-state index in [0.717, 1.165) is 18.4 Å². The molecule has 0 saturated carbocycles. The van der Waals surface area contributed by atoms with Crippen LogP contribution < -0.4 is 15.5 Å². The van der Waals surface area contributed by atoms with Crippen molar-refractivity contribution in [2.75, 3.05) is 28.7 Å². The van der Waals surface area contributed by atoms with Gasteiger partial charge in [-0.3, -0.25) is 19.2 Å². The molecule has 4 N–H and O–H groups in total. The van der Waals surface area contributed by atoms with Crippen molar-refractivity contribution in [2.45, 2.75) is 44.4 Å². The summed E-state index contributed by atoms with van der Waals surface area (Å²) in [4.78, 5) is 55.9. The van der Waals surface area contributed by atoms with Gasteiger partial charge in [-0.1, -0.05) is 67.6 Å². The number of likely N-dealkylation sites (tertiary alicyclic amines) is 1. The number of rotatable bonds is 11. The molecule has 0 unspecified atom stereocenters. The highest BCUT2D eigenvalue weighted by molar-refractivity contribution is 6.09. The van der Waals surface area contributed by atoms with Crippen LogP contribution in [0.15, 0.2) is 115 Å². The minimum Gasteiger partial charge on any atom is -0.394 e. The molecule has 6 rings (SSSR count). The fourth-order valence-electron chi connectivity index (χ4n) is 6.63. The summed E-state index contributed by atoms with van der Waals surface area (Å²) in [6.45, 7) is 2.37. The van der Waals surface area contributed by atoms with E-state index in [2.05, 4.69) is 10.6 Å². The number of carbonyl (C=O) groups excluding carboxylic acids is 4. The minimum atomic E-state index is -1.99. The van der Waals surface area contributed by atoms with Crippen LogP contribution >= 0.6 is 0 Å². The lowest BCUT2D eigenvalue weighted by atomic mass is 9.82. The van der Waals surface area contributed by atoms with Crippen molar-refractivity contribution in [1.82, 2.24) is 4.90 Å². The van der Waals surface area contributed by atoms with Crippen molar-refractivity contribution in [3.63, 3.8) is 0 Å². The van der Waals surface area contributed by atoms with E-state index in [9.17, 15) is 29.4 Å².